The summed E-state index contributed by atoms with van der Waals surface area (Å²) in [5, 5.41) is 37.9. The molecule has 0 fully saturated rings. The van der Waals surface area contributed by atoms with Gasteiger partial charge in [0.2, 0.25) is 0 Å². The lowest BCUT2D eigenvalue weighted by Crippen LogP contribution is -1.93. The molecule has 0 bridgehead atoms. The van der Waals surface area contributed by atoms with Crippen molar-refractivity contribution < 1.29 is 10.4 Å². The number of nitrogens with zero attached hydrogens (tertiary/aromatic N) is 6. The SMILES string of the molecule is ONO.c1nnn[nH]1.c1nnn[nH]1. The Morgan fingerprint density at radius 3 is 1.38 bits per heavy atom. The van der Waals surface area contributed by atoms with E-state index in [9.17, 15) is 0 Å². The molecule has 72 valence electrons. The largest absolute Gasteiger partial charge is 0.292 e. The van der Waals surface area contributed by atoms with Crippen LogP contribution >= 0.6 is 0 Å². The van der Waals surface area contributed by atoms with Crippen LogP contribution in [0.2, 0.25) is 0 Å². The summed E-state index contributed by atoms with van der Waals surface area (Å²) in [6.45, 7) is 0. The quantitative estimate of drug-likeness (QED) is 0.288. The predicted octanol–water partition coefficient (Wildman–Crippen LogP) is -2.25. The van der Waals surface area contributed by atoms with Gasteiger partial charge in [-0.2, -0.15) is 0 Å². The fourth-order valence-corrected chi connectivity index (χ4v) is 0.258. The van der Waals surface area contributed by atoms with E-state index in [0.717, 1.165) is 5.64 Å². The number of aromatic amines is 2. The average Bonchev–Trinajstić information content (AvgIpc) is 2.85. The molecule has 13 heavy (non-hydrogen) atoms. The summed E-state index contributed by atoms with van der Waals surface area (Å²) in [4.78, 5) is 0. The summed E-state index contributed by atoms with van der Waals surface area (Å²) in [7, 11) is 0. The van der Waals surface area contributed by atoms with E-state index in [4.69, 9.17) is 10.4 Å². The van der Waals surface area contributed by atoms with Gasteiger partial charge in [-0.3, -0.25) is 10.4 Å². The zero-order chi connectivity index (χ0) is 9.78. The van der Waals surface area contributed by atoms with Crippen LogP contribution in [0.1, 0.15) is 0 Å². The van der Waals surface area contributed by atoms with Crippen molar-refractivity contribution in [2.45, 2.75) is 0 Å². The molecule has 2 heterocycles. The number of nitrogens with one attached hydrogen (secondary N) is 3. The molecule has 0 aromatic carbocycles. The van der Waals surface area contributed by atoms with Crippen LogP contribution in [0.3, 0.4) is 0 Å². The van der Waals surface area contributed by atoms with Gasteiger partial charge in [0.1, 0.15) is 12.7 Å². The van der Waals surface area contributed by atoms with Crippen LogP contribution in [0, 0.1) is 0 Å². The molecule has 0 spiro atoms. The molecule has 0 amide bonds. The highest BCUT2D eigenvalue weighted by Crippen LogP contribution is 1.44. The molecule has 2 rings (SSSR count). The van der Waals surface area contributed by atoms with Crippen molar-refractivity contribution >= 4 is 0 Å². The van der Waals surface area contributed by atoms with E-state index in [1.807, 2.05) is 0 Å². The molecule has 0 aliphatic heterocycles. The Labute approximate surface area is 71.1 Å². The molecule has 0 aliphatic rings. The lowest BCUT2D eigenvalue weighted by Gasteiger charge is -1.61. The lowest BCUT2D eigenvalue weighted by atomic mass is 11.4. The Bertz CT molecular complexity index is 167. The van der Waals surface area contributed by atoms with Crippen LogP contribution < -0.4 is 5.64 Å². The van der Waals surface area contributed by atoms with Crippen LogP contribution in [0.5, 0.6) is 0 Å². The molecule has 2 aromatic heterocycles. The van der Waals surface area contributed by atoms with E-state index < -0.39 is 0 Å². The van der Waals surface area contributed by atoms with Gasteiger partial charge in [0, 0.05) is 0 Å². The van der Waals surface area contributed by atoms with Crippen molar-refractivity contribution in [2.75, 3.05) is 0 Å². The summed E-state index contributed by atoms with van der Waals surface area (Å²) >= 11 is 0. The maximum Gasteiger partial charge on any atom is 0.135 e. The fraction of sp³-hybridized carbons (Fsp3) is 0. The first-order valence-electron chi connectivity index (χ1n) is 2.79. The monoisotopic (exact) mass is 189 g/mol. The van der Waals surface area contributed by atoms with Crippen LogP contribution in [0.15, 0.2) is 12.7 Å². The van der Waals surface area contributed by atoms with Gasteiger partial charge in [0.15, 0.2) is 0 Å². The average molecular weight is 189 g/mol. The maximum atomic E-state index is 6.88. The zero-order valence-corrected chi connectivity index (χ0v) is 6.23. The molecule has 0 radical (unpaired) electrons. The molecule has 11 nitrogen and oxygen atoms in total. The van der Waals surface area contributed by atoms with Crippen molar-refractivity contribution in [1.29, 1.82) is 0 Å². The second-order valence-corrected chi connectivity index (χ2v) is 1.23. The number of rotatable bonds is 0. The molecule has 0 atom stereocenters. The van der Waals surface area contributed by atoms with Gasteiger partial charge in [-0.1, -0.05) is 5.64 Å². The van der Waals surface area contributed by atoms with Crippen molar-refractivity contribution in [1.82, 2.24) is 46.9 Å². The van der Waals surface area contributed by atoms with Crippen LogP contribution in [-0.4, -0.2) is 51.7 Å². The third-order valence-electron chi connectivity index (χ3n) is 0.539. The summed E-state index contributed by atoms with van der Waals surface area (Å²) in [6, 6.07) is 0. The predicted molar refractivity (Wildman–Crippen MR) is 35.1 cm³/mol. The highest BCUT2D eigenvalue weighted by molar-refractivity contribution is 4.25. The molecule has 5 N–H and O–H groups in total. The molecular weight excluding hydrogens is 182 g/mol. The van der Waals surface area contributed by atoms with E-state index in [2.05, 4.69) is 41.2 Å². The van der Waals surface area contributed by atoms with Gasteiger partial charge >= 0.3 is 0 Å². The number of hydrogen-bond acceptors (Lipinski definition) is 9. The zero-order valence-electron chi connectivity index (χ0n) is 6.23. The van der Waals surface area contributed by atoms with Gasteiger partial charge in [-0.25, -0.2) is 10.2 Å². The summed E-state index contributed by atoms with van der Waals surface area (Å²) < 4.78 is 0. The smallest absolute Gasteiger partial charge is 0.135 e. The van der Waals surface area contributed by atoms with Crippen LogP contribution in [0.4, 0.5) is 0 Å². The minimum absolute atomic E-state index is 0.750. The van der Waals surface area contributed by atoms with Gasteiger partial charge in [-0.15, -0.1) is 10.2 Å². The highest BCUT2D eigenvalue weighted by atomic mass is 16.7. The lowest BCUT2D eigenvalue weighted by molar-refractivity contribution is -0.0678. The molecule has 0 saturated heterocycles. The van der Waals surface area contributed by atoms with Crippen molar-refractivity contribution in [3.05, 3.63) is 12.7 Å². The number of aromatic nitrogens is 8. The summed E-state index contributed by atoms with van der Waals surface area (Å²) in [5.74, 6) is 0. The minimum atomic E-state index is 0.750. The summed E-state index contributed by atoms with van der Waals surface area (Å²) in [6.07, 6.45) is 2.81. The Hall–Kier alpha value is -1.98. The second-order valence-electron chi connectivity index (χ2n) is 1.23. The molecule has 11 heteroatoms. The topological polar surface area (TPSA) is 161 Å². The minimum Gasteiger partial charge on any atom is -0.292 e. The first-order chi connectivity index (χ1) is 6.41. The number of H-pyrrole nitrogens is 2. The number of hydrogen-bond donors (Lipinski definition) is 5. The molecule has 0 saturated carbocycles. The Morgan fingerprint density at radius 1 is 0.923 bits per heavy atom. The third kappa shape index (κ3) is 10.0. The van der Waals surface area contributed by atoms with Crippen molar-refractivity contribution in [3.8, 4) is 0 Å². The summed E-state index contributed by atoms with van der Waals surface area (Å²) in [5.41, 5.74) is 0.750. The molecular formula is C2H7N9O2. The van der Waals surface area contributed by atoms with Gasteiger partial charge < -0.3 is 0 Å². The molecule has 0 aliphatic carbocycles. The third-order valence-corrected chi connectivity index (χ3v) is 0.539. The highest BCUT2D eigenvalue weighted by Gasteiger charge is 1.59. The Balaban J connectivity index is 0.000000174. The van der Waals surface area contributed by atoms with E-state index in [0.29, 0.717) is 0 Å². The van der Waals surface area contributed by atoms with Crippen LogP contribution in [-0.2, 0) is 0 Å². The first-order valence-corrected chi connectivity index (χ1v) is 2.79. The Kier molecular flexibility index (Phi) is 8.49. The van der Waals surface area contributed by atoms with Gasteiger partial charge in [0.25, 0.3) is 0 Å². The maximum absolute atomic E-state index is 6.88. The first kappa shape index (κ1) is 11.0. The van der Waals surface area contributed by atoms with Gasteiger partial charge in [-0.05, 0) is 20.9 Å². The van der Waals surface area contributed by atoms with E-state index >= 15 is 0 Å². The van der Waals surface area contributed by atoms with E-state index in [-0.39, 0.29) is 0 Å². The van der Waals surface area contributed by atoms with E-state index in [1.54, 1.807) is 0 Å². The number of tetrazole rings is 2. The molecule has 0 unspecified atom stereocenters. The van der Waals surface area contributed by atoms with E-state index in [1.165, 1.54) is 12.7 Å². The van der Waals surface area contributed by atoms with Gasteiger partial charge in [0.05, 0.1) is 0 Å². The normalized spacial score (nSPS) is 7.54. The van der Waals surface area contributed by atoms with Crippen molar-refractivity contribution in [3.63, 3.8) is 0 Å². The molecule has 2 aromatic rings. The van der Waals surface area contributed by atoms with Crippen LogP contribution in [0.25, 0.3) is 0 Å². The standard InChI is InChI=1S/2CH2N4.H3NO2/c2*1-2-4-5-3-1;2-1-3/h2*1H,(H,2,3,4,5);1-3H. The fourth-order valence-electron chi connectivity index (χ4n) is 0.258. The van der Waals surface area contributed by atoms with Crippen molar-refractivity contribution in [2.24, 2.45) is 0 Å². The second kappa shape index (κ2) is 10.0. The Morgan fingerprint density at radius 2 is 1.31 bits per heavy atom.